The van der Waals surface area contributed by atoms with Gasteiger partial charge in [0.05, 0.1) is 11.1 Å². The van der Waals surface area contributed by atoms with E-state index in [0.29, 0.717) is 0 Å². The summed E-state index contributed by atoms with van der Waals surface area (Å²) in [5, 5.41) is 2.64. The fourth-order valence-corrected chi connectivity index (χ4v) is 10.3. The van der Waals surface area contributed by atoms with Crippen molar-refractivity contribution >= 4 is 39.1 Å². The van der Waals surface area contributed by atoms with Crippen LogP contribution in [0.2, 0.25) is 0 Å². The molecule has 7 aromatic rings. The van der Waals surface area contributed by atoms with Crippen molar-refractivity contribution < 1.29 is 0 Å². The monoisotopic (exact) mass is 727 g/mol. The van der Waals surface area contributed by atoms with E-state index in [1.165, 1.54) is 83.1 Å². The highest BCUT2D eigenvalue weighted by Gasteiger charge is 2.48. The summed E-state index contributed by atoms with van der Waals surface area (Å²) in [7, 11) is 0. The normalized spacial score (nSPS) is 19.4. The minimum atomic E-state index is -0.326. The van der Waals surface area contributed by atoms with Crippen molar-refractivity contribution in [2.45, 2.75) is 31.1 Å². The van der Waals surface area contributed by atoms with Crippen LogP contribution < -0.4 is 0 Å². The largest absolute Gasteiger partial charge is 0.256 e. The summed E-state index contributed by atoms with van der Waals surface area (Å²) >= 11 is 0. The number of benzene rings is 6. The van der Waals surface area contributed by atoms with E-state index in [2.05, 4.69) is 183 Å². The third-order valence-electron chi connectivity index (χ3n) is 13.0. The Morgan fingerprint density at radius 1 is 0.719 bits per heavy atom. The number of hydrogen-bond donors (Lipinski definition) is 0. The number of aromatic nitrogens is 1. The van der Waals surface area contributed by atoms with Crippen molar-refractivity contribution in [1.29, 1.82) is 0 Å². The zero-order chi connectivity index (χ0) is 38.3. The van der Waals surface area contributed by atoms with Crippen LogP contribution in [-0.4, -0.2) is 4.98 Å². The van der Waals surface area contributed by atoms with Gasteiger partial charge in [-0.1, -0.05) is 177 Å². The topological polar surface area (TPSA) is 12.9 Å². The maximum Gasteiger partial charge on any atom is 0.0706 e. The summed E-state index contributed by atoms with van der Waals surface area (Å²) in [6.45, 7) is 11.6. The Balaban J connectivity index is 0.963. The second-order valence-corrected chi connectivity index (χ2v) is 16.0. The predicted molar refractivity (Wildman–Crippen MR) is 241 cm³/mol. The molecule has 0 saturated carbocycles. The molecule has 4 aliphatic rings. The molecule has 0 saturated heterocycles. The molecule has 1 heteroatoms. The lowest BCUT2D eigenvalue weighted by Crippen LogP contribution is -2.29. The van der Waals surface area contributed by atoms with E-state index in [1.54, 1.807) is 0 Å². The summed E-state index contributed by atoms with van der Waals surface area (Å²) in [4.78, 5) is 5.07. The van der Waals surface area contributed by atoms with E-state index in [9.17, 15) is 0 Å². The number of pyridine rings is 1. The van der Waals surface area contributed by atoms with Crippen LogP contribution in [0.4, 0.5) is 0 Å². The molecule has 0 N–H and O–H groups in total. The van der Waals surface area contributed by atoms with E-state index in [0.717, 1.165) is 40.8 Å². The number of rotatable bonds is 5. The summed E-state index contributed by atoms with van der Waals surface area (Å²) in [6, 6.07) is 51.2. The minimum Gasteiger partial charge on any atom is -0.256 e. The Morgan fingerprint density at radius 2 is 1.46 bits per heavy atom. The minimum absolute atomic E-state index is 0.184. The van der Waals surface area contributed by atoms with Gasteiger partial charge in [0.1, 0.15) is 0 Å². The Hall–Kier alpha value is -6.83. The third-order valence-corrected chi connectivity index (χ3v) is 13.0. The van der Waals surface area contributed by atoms with Gasteiger partial charge in [-0.3, -0.25) is 4.98 Å². The molecule has 2 atom stereocenters. The highest BCUT2D eigenvalue weighted by atomic mass is 14.7. The van der Waals surface area contributed by atoms with Crippen molar-refractivity contribution in [2.75, 3.05) is 0 Å². The van der Waals surface area contributed by atoms with Crippen molar-refractivity contribution in [3.8, 4) is 22.3 Å². The maximum atomic E-state index is 5.07. The molecular weight excluding hydrogens is 687 g/mol. The van der Waals surface area contributed by atoms with Crippen LogP contribution in [0, 0.1) is 0 Å². The van der Waals surface area contributed by atoms with E-state index >= 15 is 0 Å². The van der Waals surface area contributed by atoms with E-state index in [-0.39, 0.29) is 11.3 Å². The average molecular weight is 728 g/mol. The molecular formula is C56H41N. The first kappa shape index (κ1) is 33.5. The van der Waals surface area contributed by atoms with Crippen molar-refractivity contribution in [3.63, 3.8) is 0 Å². The van der Waals surface area contributed by atoms with Crippen molar-refractivity contribution in [2.24, 2.45) is 0 Å². The molecule has 1 spiro atoms. The van der Waals surface area contributed by atoms with Gasteiger partial charge in [-0.05, 0) is 131 Å². The maximum absolute atomic E-state index is 5.07. The fraction of sp³-hybridized carbons (Fsp3) is 0.0893. The lowest BCUT2D eigenvalue weighted by atomic mass is 9.63. The molecule has 2 unspecified atom stereocenters. The molecule has 0 radical (unpaired) electrons. The Kier molecular flexibility index (Phi) is 7.56. The first-order chi connectivity index (χ1) is 28.0. The Labute approximate surface area is 335 Å². The quantitative estimate of drug-likeness (QED) is 0.161. The van der Waals surface area contributed by atoms with Gasteiger partial charge in [-0.25, -0.2) is 0 Å². The molecule has 0 fully saturated rings. The van der Waals surface area contributed by atoms with Crippen LogP contribution in [0.1, 0.15) is 75.9 Å². The van der Waals surface area contributed by atoms with Crippen LogP contribution in [0.15, 0.2) is 189 Å². The third kappa shape index (κ3) is 4.98. The van der Waals surface area contributed by atoms with Gasteiger partial charge in [-0.15, -0.1) is 0 Å². The first-order valence-corrected chi connectivity index (χ1v) is 20.1. The highest BCUT2D eigenvalue weighted by Crippen LogP contribution is 2.59. The molecule has 57 heavy (non-hydrogen) atoms. The van der Waals surface area contributed by atoms with E-state index in [1.807, 2.05) is 6.20 Å². The molecule has 6 aromatic carbocycles. The lowest BCUT2D eigenvalue weighted by molar-refractivity contribution is 0.665. The van der Waals surface area contributed by atoms with E-state index < -0.39 is 0 Å². The molecule has 0 aliphatic heterocycles. The molecule has 1 heterocycles. The molecule has 4 aliphatic carbocycles. The zero-order valence-corrected chi connectivity index (χ0v) is 32.1. The summed E-state index contributed by atoms with van der Waals surface area (Å²) < 4.78 is 0. The lowest BCUT2D eigenvalue weighted by Gasteiger charge is -2.38. The SMILES string of the molecule is C=C(/C(C)=C/C=C1\CC2(c3ccccc3-c3cccc4cccc2c34)c2cccnc21)c1ccc2c3c1C(=C)CC=C3C(c1ccc(-c3ccccc3)cc1)C=C2. The van der Waals surface area contributed by atoms with Gasteiger partial charge in [0.25, 0.3) is 0 Å². The van der Waals surface area contributed by atoms with Gasteiger partial charge in [0.2, 0.25) is 0 Å². The molecule has 0 bridgehead atoms. The standard InChI is InChI=1S/C56H41N/c1-35(21-23-43-34-56(51-20-11-33-57-55(43)51)49-18-8-7-16-46(49)47-17-9-14-41-15-10-19-50(56)53(41)47)37(3)44-31-28-42-29-32-45(48-30-22-36(2)52(44)54(42)48)40-26-24-39(25-27-40)38-12-5-4-6-13-38/h4-21,23-33,45H,2-3,22,34H2,1H3/b35-21+,43-23+. The second kappa shape index (κ2) is 12.9. The van der Waals surface area contributed by atoms with Crippen LogP contribution in [0.3, 0.4) is 0 Å². The smallest absolute Gasteiger partial charge is 0.0706 e. The number of allylic oxidation sites excluding steroid dienone is 9. The summed E-state index contributed by atoms with van der Waals surface area (Å²) in [6.07, 6.45) is 15.2. The summed E-state index contributed by atoms with van der Waals surface area (Å²) in [5.74, 6) is 0.184. The fourth-order valence-electron chi connectivity index (χ4n) is 10.3. The van der Waals surface area contributed by atoms with Gasteiger partial charge in [-0.2, -0.15) is 0 Å². The Bertz CT molecular complexity index is 2980. The number of hydrogen-bond acceptors (Lipinski definition) is 1. The highest BCUT2D eigenvalue weighted by molar-refractivity contribution is 6.05. The van der Waals surface area contributed by atoms with Gasteiger partial charge in [0.15, 0.2) is 0 Å². The predicted octanol–water partition coefficient (Wildman–Crippen LogP) is 14.3. The van der Waals surface area contributed by atoms with Gasteiger partial charge >= 0.3 is 0 Å². The van der Waals surface area contributed by atoms with Gasteiger partial charge in [0, 0.05) is 12.1 Å². The van der Waals surface area contributed by atoms with Crippen molar-refractivity contribution in [3.05, 3.63) is 239 Å². The van der Waals surface area contributed by atoms with Crippen LogP contribution in [0.5, 0.6) is 0 Å². The van der Waals surface area contributed by atoms with Crippen LogP contribution in [0.25, 0.3) is 61.4 Å². The summed E-state index contributed by atoms with van der Waals surface area (Å²) in [5.41, 5.74) is 22.0. The number of nitrogens with zero attached hydrogens (tertiary/aromatic N) is 1. The van der Waals surface area contributed by atoms with Gasteiger partial charge < -0.3 is 0 Å². The number of fused-ring (bicyclic) bond motifs is 6. The van der Waals surface area contributed by atoms with Crippen molar-refractivity contribution in [1.82, 2.24) is 4.98 Å². The van der Waals surface area contributed by atoms with E-state index in [4.69, 9.17) is 11.6 Å². The average Bonchev–Trinajstić information content (AvgIpc) is 3.60. The van der Waals surface area contributed by atoms with Crippen LogP contribution >= 0.6 is 0 Å². The Morgan fingerprint density at radius 3 is 2.32 bits per heavy atom. The molecule has 0 amide bonds. The molecule has 11 rings (SSSR count). The molecule has 1 aromatic heterocycles. The van der Waals surface area contributed by atoms with Crippen LogP contribution in [-0.2, 0) is 5.41 Å². The first-order valence-electron chi connectivity index (χ1n) is 20.1. The zero-order valence-electron chi connectivity index (χ0n) is 32.1. The molecule has 270 valence electrons. The second-order valence-electron chi connectivity index (χ2n) is 16.0. The molecule has 1 nitrogen and oxygen atoms in total.